The summed E-state index contributed by atoms with van der Waals surface area (Å²) < 4.78 is 0. The molecule has 1 aromatic heterocycles. The number of carboxylic acid groups (broad SMARTS) is 1. The molecule has 0 bridgehead atoms. The summed E-state index contributed by atoms with van der Waals surface area (Å²) >= 11 is 17.2. The van der Waals surface area contributed by atoms with E-state index < -0.39 is 18.0 Å². The fraction of sp³-hybridized carbons (Fsp3) is 0.300. The molecule has 1 rings (SSSR count). The highest BCUT2D eigenvalue weighted by atomic mass is 35.5. The van der Waals surface area contributed by atoms with Gasteiger partial charge in [0.05, 0.1) is 15.1 Å². The van der Waals surface area contributed by atoms with Gasteiger partial charge in [-0.3, -0.25) is 4.79 Å². The van der Waals surface area contributed by atoms with Crippen molar-refractivity contribution in [3.8, 4) is 0 Å². The first kappa shape index (κ1) is 16.0. The fourth-order valence-corrected chi connectivity index (χ4v) is 1.70. The van der Waals surface area contributed by atoms with E-state index in [1.165, 1.54) is 6.20 Å². The van der Waals surface area contributed by atoms with Crippen LogP contribution in [0.4, 0.5) is 0 Å². The van der Waals surface area contributed by atoms with Gasteiger partial charge in [-0.2, -0.15) is 0 Å². The van der Waals surface area contributed by atoms with E-state index in [-0.39, 0.29) is 33.7 Å². The predicted molar refractivity (Wildman–Crippen MR) is 69.9 cm³/mol. The molecule has 0 saturated carbocycles. The van der Waals surface area contributed by atoms with Crippen molar-refractivity contribution in [1.82, 2.24) is 10.3 Å². The molecule has 0 spiro atoms. The minimum atomic E-state index is -1.54. The Bertz CT molecular complexity index is 510. The summed E-state index contributed by atoms with van der Waals surface area (Å²) in [5, 5.41) is 19.9. The van der Waals surface area contributed by atoms with Gasteiger partial charge in [0.2, 0.25) is 0 Å². The van der Waals surface area contributed by atoms with E-state index in [1.807, 2.05) is 0 Å². The van der Waals surface area contributed by atoms with Crippen LogP contribution in [0.3, 0.4) is 0 Å². The van der Waals surface area contributed by atoms with Gasteiger partial charge in [-0.15, -0.1) is 0 Å². The normalized spacial score (nSPS) is 12.0. The number of halogens is 3. The summed E-state index contributed by atoms with van der Waals surface area (Å²) in [4.78, 5) is 25.8. The van der Waals surface area contributed by atoms with Crippen LogP contribution in [0.2, 0.25) is 15.1 Å². The zero-order valence-corrected chi connectivity index (χ0v) is 11.6. The van der Waals surface area contributed by atoms with Gasteiger partial charge in [-0.1, -0.05) is 34.8 Å². The van der Waals surface area contributed by atoms with Crippen LogP contribution < -0.4 is 5.32 Å². The second kappa shape index (κ2) is 6.91. The first-order chi connectivity index (χ1) is 8.84. The average Bonchev–Trinajstić information content (AvgIpc) is 2.35. The van der Waals surface area contributed by atoms with Crippen molar-refractivity contribution in [3.05, 3.63) is 27.0 Å². The topological polar surface area (TPSA) is 99.5 Å². The van der Waals surface area contributed by atoms with Crippen LogP contribution in [0, 0.1) is 0 Å². The summed E-state index contributed by atoms with van der Waals surface area (Å²) in [7, 11) is 0. The minimum absolute atomic E-state index is 0.00838. The lowest BCUT2D eigenvalue weighted by atomic mass is 10.2. The number of carbonyl (C=O) groups excluding carboxylic acids is 1. The highest BCUT2D eigenvalue weighted by Crippen LogP contribution is 2.30. The Labute approximate surface area is 123 Å². The summed E-state index contributed by atoms with van der Waals surface area (Å²) in [5.41, 5.74) is -0.124. The molecule has 9 heteroatoms. The van der Waals surface area contributed by atoms with Crippen molar-refractivity contribution >= 4 is 46.7 Å². The number of aliphatic hydroxyl groups excluding tert-OH is 1. The van der Waals surface area contributed by atoms with Gasteiger partial charge in [-0.05, 0) is 0 Å². The highest BCUT2D eigenvalue weighted by Gasteiger charge is 2.18. The van der Waals surface area contributed by atoms with E-state index in [4.69, 9.17) is 45.0 Å². The quantitative estimate of drug-likeness (QED) is 0.763. The van der Waals surface area contributed by atoms with Crippen molar-refractivity contribution in [1.29, 1.82) is 0 Å². The monoisotopic (exact) mass is 326 g/mol. The standard InChI is InChI=1S/C10H9Cl3N2O4/c11-4-3-15-8(7(13)6(4)12)9(17)14-2-1-5(16)10(18)19/h3,5,16H,1-2H2,(H,14,17)(H,18,19). The number of hydrogen-bond donors (Lipinski definition) is 3. The number of nitrogens with one attached hydrogen (secondary N) is 1. The summed E-state index contributed by atoms with van der Waals surface area (Å²) in [6, 6.07) is 0. The molecule has 0 saturated heterocycles. The zero-order valence-electron chi connectivity index (χ0n) is 9.36. The van der Waals surface area contributed by atoms with E-state index in [0.717, 1.165) is 0 Å². The lowest BCUT2D eigenvalue weighted by Crippen LogP contribution is -2.30. The van der Waals surface area contributed by atoms with E-state index in [2.05, 4.69) is 10.3 Å². The first-order valence-corrected chi connectivity index (χ1v) is 6.16. The van der Waals surface area contributed by atoms with Crippen molar-refractivity contribution < 1.29 is 19.8 Å². The molecule has 1 unspecified atom stereocenters. The molecule has 1 atom stereocenters. The first-order valence-electron chi connectivity index (χ1n) is 5.03. The number of nitrogens with zero attached hydrogens (tertiary/aromatic N) is 1. The van der Waals surface area contributed by atoms with Crippen molar-refractivity contribution in [3.63, 3.8) is 0 Å². The van der Waals surface area contributed by atoms with Gasteiger partial charge in [0.25, 0.3) is 5.91 Å². The van der Waals surface area contributed by atoms with Gasteiger partial charge in [-0.25, -0.2) is 9.78 Å². The number of aromatic nitrogens is 1. The molecular weight excluding hydrogens is 318 g/mol. The third-order valence-corrected chi connectivity index (χ3v) is 3.36. The Hall–Kier alpha value is -1.08. The molecule has 0 aliphatic carbocycles. The molecule has 1 aromatic rings. The summed E-state index contributed by atoms with van der Waals surface area (Å²) in [5.74, 6) is -2.00. The fourth-order valence-electron chi connectivity index (χ4n) is 1.13. The second-order valence-electron chi connectivity index (χ2n) is 3.48. The highest BCUT2D eigenvalue weighted by molar-refractivity contribution is 6.48. The molecule has 6 nitrogen and oxygen atoms in total. The van der Waals surface area contributed by atoms with Crippen molar-refractivity contribution in [2.24, 2.45) is 0 Å². The largest absolute Gasteiger partial charge is 0.479 e. The molecule has 19 heavy (non-hydrogen) atoms. The van der Waals surface area contributed by atoms with E-state index in [1.54, 1.807) is 0 Å². The van der Waals surface area contributed by atoms with Crippen LogP contribution in [0.1, 0.15) is 16.9 Å². The molecule has 1 heterocycles. The van der Waals surface area contributed by atoms with Crippen LogP contribution in [0.5, 0.6) is 0 Å². The summed E-state index contributed by atoms with van der Waals surface area (Å²) in [6.45, 7) is -0.0510. The van der Waals surface area contributed by atoms with Gasteiger partial charge < -0.3 is 15.5 Å². The van der Waals surface area contributed by atoms with Crippen molar-refractivity contribution in [2.75, 3.05) is 6.54 Å². The maximum absolute atomic E-state index is 11.7. The Morgan fingerprint density at radius 2 is 1.95 bits per heavy atom. The van der Waals surface area contributed by atoms with Crippen LogP contribution in [0.25, 0.3) is 0 Å². The average molecular weight is 328 g/mol. The Kier molecular flexibility index (Phi) is 5.81. The maximum atomic E-state index is 11.7. The molecule has 3 N–H and O–H groups in total. The second-order valence-corrected chi connectivity index (χ2v) is 4.64. The molecule has 0 radical (unpaired) electrons. The van der Waals surface area contributed by atoms with Crippen LogP contribution in [-0.4, -0.2) is 39.7 Å². The Morgan fingerprint density at radius 3 is 2.53 bits per heavy atom. The minimum Gasteiger partial charge on any atom is -0.479 e. The molecular formula is C10H9Cl3N2O4. The maximum Gasteiger partial charge on any atom is 0.332 e. The summed E-state index contributed by atoms with van der Waals surface area (Å²) in [6.07, 6.45) is -0.505. The van der Waals surface area contributed by atoms with Gasteiger partial charge in [0.15, 0.2) is 6.10 Å². The zero-order chi connectivity index (χ0) is 14.6. The molecule has 0 fully saturated rings. The number of aliphatic hydroxyl groups is 1. The number of carbonyl (C=O) groups is 2. The number of aliphatic carboxylic acids is 1. The SMILES string of the molecule is O=C(NCCC(O)C(=O)O)c1ncc(Cl)c(Cl)c1Cl. The predicted octanol–water partition coefficient (Wildman–Crippen LogP) is 1.61. The molecule has 104 valence electrons. The number of amides is 1. The third kappa shape index (κ3) is 4.21. The lowest BCUT2D eigenvalue weighted by Gasteiger charge is -2.08. The van der Waals surface area contributed by atoms with Gasteiger partial charge in [0.1, 0.15) is 5.69 Å². The third-order valence-electron chi connectivity index (χ3n) is 2.12. The van der Waals surface area contributed by atoms with Crippen LogP contribution in [-0.2, 0) is 4.79 Å². The molecule has 1 amide bonds. The van der Waals surface area contributed by atoms with Gasteiger partial charge in [0, 0.05) is 19.2 Å². The van der Waals surface area contributed by atoms with Gasteiger partial charge >= 0.3 is 5.97 Å². The molecule has 0 aliphatic rings. The Balaban J connectivity index is 2.65. The van der Waals surface area contributed by atoms with E-state index in [9.17, 15) is 9.59 Å². The smallest absolute Gasteiger partial charge is 0.332 e. The lowest BCUT2D eigenvalue weighted by molar-refractivity contribution is -0.146. The van der Waals surface area contributed by atoms with Crippen LogP contribution in [0.15, 0.2) is 6.20 Å². The number of hydrogen-bond acceptors (Lipinski definition) is 4. The molecule has 0 aliphatic heterocycles. The van der Waals surface area contributed by atoms with Crippen molar-refractivity contribution in [2.45, 2.75) is 12.5 Å². The number of rotatable bonds is 5. The van der Waals surface area contributed by atoms with Crippen LogP contribution >= 0.6 is 34.8 Å². The van der Waals surface area contributed by atoms with E-state index in [0.29, 0.717) is 0 Å². The Morgan fingerprint density at radius 1 is 1.32 bits per heavy atom. The number of pyridine rings is 1. The van der Waals surface area contributed by atoms with E-state index >= 15 is 0 Å². The molecule has 0 aromatic carbocycles. The number of carboxylic acids is 1.